The molecule has 0 saturated carbocycles. The highest BCUT2D eigenvalue weighted by Gasteiger charge is 2.23. The fourth-order valence-electron chi connectivity index (χ4n) is 1.71. The molecule has 0 N–H and O–H groups in total. The Labute approximate surface area is 120 Å². The Hall–Kier alpha value is 0.150. The SMILES string of the molecule is CCCCCOP(=O)(CCCCC)OCCC(C)C. The van der Waals surface area contributed by atoms with E-state index < -0.39 is 7.60 Å². The van der Waals surface area contributed by atoms with Crippen molar-refractivity contribution in [3.05, 3.63) is 0 Å². The fourth-order valence-corrected chi connectivity index (χ4v) is 3.44. The molecule has 0 rings (SSSR count). The van der Waals surface area contributed by atoms with Crippen molar-refractivity contribution in [1.82, 2.24) is 0 Å². The molecule has 116 valence electrons. The first kappa shape index (κ1) is 19.1. The minimum absolute atomic E-state index is 0.550. The van der Waals surface area contributed by atoms with Gasteiger partial charge in [-0.2, -0.15) is 0 Å². The molecule has 4 heteroatoms. The predicted molar refractivity (Wildman–Crippen MR) is 82.9 cm³/mol. The van der Waals surface area contributed by atoms with E-state index in [0.717, 1.165) is 44.9 Å². The number of unbranched alkanes of at least 4 members (excludes halogenated alkanes) is 4. The Balaban J connectivity index is 4.07. The molecule has 0 fully saturated rings. The van der Waals surface area contributed by atoms with E-state index in [4.69, 9.17) is 9.05 Å². The summed E-state index contributed by atoms with van der Waals surface area (Å²) in [5.74, 6) is 0.573. The predicted octanol–water partition coefficient (Wildman–Crippen LogP) is 5.64. The zero-order chi connectivity index (χ0) is 14.6. The molecule has 0 aliphatic rings. The normalized spacial score (nSPS) is 14.8. The van der Waals surface area contributed by atoms with Crippen molar-refractivity contribution >= 4 is 7.60 Å². The molecule has 0 heterocycles. The van der Waals surface area contributed by atoms with Crippen LogP contribution in [0.5, 0.6) is 0 Å². The molecular weight excluding hydrogens is 259 g/mol. The molecule has 1 unspecified atom stereocenters. The third-order valence-corrected chi connectivity index (χ3v) is 5.07. The maximum Gasteiger partial charge on any atom is 0.330 e. The number of hydrogen-bond acceptors (Lipinski definition) is 3. The maximum absolute atomic E-state index is 12.6. The Morgan fingerprint density at radius 1 is 0.895 bits per heavy atom. The molecule has 3 nitrogen and oxygen atoms in total. The summed E-state index contributed by atoms with van der Waals surface area (Å²) in [7, 11) is -2.85. The first-order chi connectivity index (χ1) is 9.04. The first-order valence-electron chi connectivity index (χ1n) is 7.92. The highest BCUT2D eigenvalue weighted by atomic mass is 31.2. The smallest absolute Gasteiger partial charge is 0.309 e. The van der Waals surface area contributed by atoms with Crippen LogP contribution in [-0.4, -0.2) is 19.4 Å². The van der Waals surface area contributed by atoms with Crippen LogP contribution in [0.2, 0.25) is 0 Å². The van der Waals surface area contributed by atoms with Gasteiger partial charge in [0, 0.05) is 0 Å². The molecular formula is C15H33O3P. The largest absolute Gasteiger partial charge is 0.330 e. The van der Waals surface area contributed by atoms with Gasteiger partial charge in [0.15, 0.2) is 0 Å². The second-order valence-electron chi connectivity index (χ2n) is 5.60. The van der Waals surface area contributed by atoms with Gasteiger partial charge in [-0.25, -0.2) is 0 Å². The summed E-state index contributed by atoms with van der Waals surface area (Å²) >= 11 is 0. The molecule has 0 saturated heterocycles. The number of hydrogen-bond donors (Lipinski definition) is 0. The third kappa shape index (κ3) is 11.7. The second-order valence-corrected chi connectivity index (χ2v) is 7.78. The van der Waals surface area contributed by atoms with Crippen LogP contribution in [0.4, 0.5) is 0 Å². The van der Waals surface area contributed by atoms with Crippen molar-refractivity contribution in [1.29, 1.82) is 0 Å². The van der Waals surface area contributed by atoms with Crippen LogP contribution in [0.25, 0.3) is 0 Å². The van der Waals surface area contributed by atoms with E-state index >= 15 is 0 Å². The maximum atomic E-state index is 12.6. The van der Waals surface area contributed by atoms with Crippen molar-refractivity contribution in [2.75, 3.05) is 19.4 Å². The van der Waals surface area contributed by atoms with Gasteiger partial charge in [-0.05, 0) is 25.2 Å². The van der Waals surface area contributed by atoms with Gasteiger partial charge < -0.3 is 9.05 Å². The van der Waals surface area contributed by atoms with Gasteiger partial charge in [-0.15, -0.1) is 0 Å². The first-order valence-corrected chi connectivity index (χ1v) is 9.65. The molecule has 0 aromatic heterocycles. The Morgan fingerprint density at radius 3 is 2.05 bits per heavy atom. The van der Waals surface area contributed by atoms with Gasteiger partial charge in [-0.1, -0.05) is 53.4 Å². The third-order valence-electron chi connectivity index (χ3n) is 3.05. The molecule has 0 aliphatic carbocycles. The Bertz CT molecular complexity index is 242. The summed E-state index contributed by atoms with van der Waals surface area (Å²) in [6, 6.07) is 0. The lowest BCUT2D eigenvalue weighted by atomic mass is 10.2. The average Bonchev–Trinajstić information content (AvgIpc) is 2.35. The summed E-state index contributed by atoms with van der Waals surface area (Å²) in [4.78, 5) is 0. The molecule has 0 aromatic rings. The molecule has 0 aliphatic heterocycles. The second kappa shape index (κ2) is 11.9. The molecule has 19 heavy (non-hydrogen) atoms. The fraction of sp³-hybridized carbons (Fsp3) is 1.00. The van der Waals surface area contributed by atoms with Crippen molar-refractivity contribution in [3.63, 3.8) is 0 Å². The minimum Gasteiger partial charge on any atom is -0.309 e. The quantitative estimate of drug-likeness (QED) is 0.325. The molecule has 0 radical (unpaired) electrons. The van der Waals surface area contributed by atoms with E-state index in [2.05, 4.69) is 27.7 Å². The molecule has 0 amide bonds. The van der Waals surface area contributed by atoms with Crippen LogP contribution in [0, 0.1) is 5.92 Å². The van der Waals surface area contributed by atoms with Crippen LogP contribution in [0.1, 0.15) is 72.6 Å². The van der Waals surface area contributed by atoms with Crippen molar-refractivity contribution in [2.45, 2.75) is 72.6 Å². The van der Waals surface area contributed by atoms with Gasteiger partial charge in [0.2, 0.25) is 0 Å². The van der Waals surface area contributed by atoms with Crippen LogP contribution < -0.4 is 0 Å². The molecule has 0 aromatic carbocycles. The molecule has 0 bridgehead atoms. The van der Waals surface area contributed by atoms with Gasteiger partial charge in [0.05, 0.1) is 19.4 Å². The van der Waals surface area contributed by atoms with Crippen LogP contribution in [-0.2, 0) is 13.6 Å². The summed E-state index contributed by atoms with van der Waals surface area (Å²) in [6.07, 6.45) is 7.92. The minimum atomic E-state index is -2.85. The summed E-state index contributed by atoms with van der Waals surface area (Å²) in [5, 5.41) is 0. The van der Waals surface area contributed by atoms with Crippen molar-refractivity contribution < 1.29 is 13.6 Å². The average molecular weight is 292 g/mol. The standard InChI is InChI=1S/C15H33O3P/c1-5-7-9-12-17-19(16,14-10-8-6-2)18-13-11-15(3)4/h15H,5-14H2,1-4H3. The molecule has 0 spiro atoms. The Morgan fingerprint density at radius 2 is 1.47 bits per heavy atom. The molecule has 1 atom stereocenters. The van der Waals surface area contributed by atoms with E-state index in [1.165, 1.54) is 0 Å². The van der Waals surface area contributed by atoms with E-state index in [1.807, 2.05) is 0 Å². The Kier molecular flexibility index (Phi) is 12.0. The summed E-state index contributed by atoms with van der Waals surface area (Å²) in [6.45, 7) is 9.71. The van der Waals surface area contributed by atoms with Gasteiger partial charge in [0.1, 0.15) is 0 Å². The highest BCUT2D eigenvalue weighted by Crippen LogP contribution is 2.49. The van der Waals surface area contributed by atoms with Crippen LogP contribution in [0.3, 0.4) is 0 Å². The zero-order valence-corrected chi connectivity index (χ0v) is 14.2. The van der Waals surface area contributed by atoms with Crippen molar-refractivity contribution in [2.24, 2.45) is 5.92 Å². The number of rotatable bonds is 13. The van der Waals surface area contributed by atoms with E-state index in [9.17, 15) is 4.57 Å². The van der Waals surface area contributed by atoms with Crippen molar-refractivity contribution in [3.8, 4) is 0 Å². The topological polar surface area (TPSA) is 35.5 Å². The lowest BCUT2D eigenvalue weighted by Crippen LogP contribution is -2.05. The lowest BCUT2D eigenvalue weighted by molar-refractivity contribution is 0.193. The van der Waals surface area contributed by atoms with E-state index in [0.29, 0.717) is 25.3 Å². The summed E-state index contributed by atoms with van der Waals surface area (Å²) in [5.41, 5.74) is 0. The van der Waals surface area contributed by atoms with E-state index in [-0.39, 0.29) is 0 Å². The van der Waals surface area contributed by atoms with Gasteiger partial charge in [0.25, 0.3) is 0 Å². The van der Waals surface area contributed by atoms with Gasteiger partial charge in [-0.3, -0.25) is 4.57 Å². The highest BCUT2D eigenvalue weighted by molar-refractivity contribution is 7.53. The summed E-state index contributed by atoms with van der Waals surface area (Å²) < 4.78 is 23.8. The van der Waals surface area contributed by atoms with E-state index in [1.54, 1.807) is 0 Å². The zero-order valence-electron chi connectivity index (χ0n) is 13.3. The van der Waals surface area contributed by atoms with Gasteiger partial charge >= 0.3 is 7.60 Å². The lowest BCUT2D eigenvalue weighted by Gasteiger charge is -2.19. The van der Waals surface area contributed by atoms with Crippen LogP contribution >= 0.6 is 7.60 Å². The monoisotopic (exact) mass is 292 g/mol. The van der Waals surface area contributed by atoms with Crippen LogP contribution in [0.15, 0.2) is 0 Å².